The molecule has 3 aromatic rings. The van der Waals surface area contributed by atoms with Crippen LogP contribution < -0.4 is 0 Å². The lowest BCUT2D eigenvalue weighted by Crippen LogP contribution is -2.53. The van der Waals surface area contributed by atoms with Gasteiger partial charge in [-0.25, -0.2) is 19.6 Å². The smallest absolute Gasteiger partial charge is 0.432 e. The number of aromatic nitrogens is 2. The molecule has 2 aromatic heterocycles. The summed E-state index contributed by atoms with van der Waals surface area (Å²) >= 11 is 3.28. The molecule has 84 heavy (non-hydrogen) atoms. The van der Waals surface area contributed by atoms with E-state index in [0.29, 0.717) is 56.3 Å². The summed E-state index contributed by atoms with van der Waals surface area (Å²) in [6.07, 6.45) is 9.13. The van der Waals surface area contributed by atoms with Crippen LogP contribution >= 0.6 is 15.9 Å². The maximum absolute atomic E-state index is 15.0. The van der Waals surface area contributed by atoms with Crippen LogP contribution in [0.1, 0.15) is 127 Å². The van der Waals surface area contributed by atoms with Crippen molar-refractivity contribution >= 4 is 40.0 Å². The van der Waals surface area contributed by atoms with Gasteiger partial charge in [0.05, 0.1) is 61.4 Å². The van der Waals surface area contributed by atoms with Crippen molar-refractivity contribution in [2.45, 2.75) is 189 Å². The molecule has 0 saturated carbocycles. The SMILES string of the molecule is C=C1C[C@@H]2C[C@H]3C[C@@H](OC(=O)[C@](OC)(c4ccccc4)C(F)(F)F)C[C@@H](O3)c3coc(n3)/C=C/C[C@H]3O[C@@H](/C(C)=C/c4coc(C[C@]5(O)C[C@H](OC)C[C@H]([C@H](O)/C=C(C)/C=C/[C@@H](C/C=C/Br)OC)O5)n4)[C@H](C)[C@@H](OC(=O)/C=C\C[C@@H](C1)O2)[C@H]3C. The van der Waals surface area contributed by atoms with Crippen molar-refractivity contribution in [1.82, 2.24) is 9.97 Å². The van der Waals surface area contributed by atoms with E-state index in [9.17, 15) is 19.8 Å². The van der Waals surface area contributed by atoms with Crippen molar-refractivity contribution in [3.63, 3.8) is 0 Å². The molecular weight excluding hydrogens is 1160 g/mol. The van der Waals surface area contributed by atoms with Crippen molar-refractivity contribution in [1.29, 1.82) is 0 Å². The Hall–Kier alpha value is -5.33. The fourth-order valence-electron chi connectivity index (χ4n) is 12.1. The first-order valence-corrected chi connectivity index (χ1v) is 29.4. The van der Waals surface area contributed by atoms with Gasteiger partial charge < -0.3 is 61.7 Å². The number of hydrogen-bond donors (Lipinski definition) is 2. The molecule has 16 atom stereocenters. The maximum Gasteiger partial charge on any atom is 0.432 e. The lowest BCUT2D eigenvalue weighted by atomic mass is 9.79. The Balaban J connectivity index is 1.00. The Kier molecular flexibility index (Phi) is 22.3. The van der Waals surface area contributed by atoms with Crippen molar-refractivity contribution in [3.05, 3.63) is 142 Å². The van der Waals surface area contributed by atoms with Gasteiger partial charge in [-0.15, -0.1) is 0 Å². The van der Waals surface area contributed by atoms with Gasteiger partial charge in [-0.1, -0.05) is 114 Å². The lowest BCUT2D eigenvalue weighted by Gasteiger charge is -2.44. The average molecular weight is 1240 g/mol. The molecule has 0 unspecified atom stereocenters. The lowest BCUT2D eigenvalue weighted by molar-refractivity contribution is -0.286. The molecule has 8 bridgehead atoms. The van der Waals surface area contributed by atoms with E-state index >= 15 is 13.2 Å². The van der Waals surface area contributed by atoms with Crippen LogP contribution in [-0.4, -0.2) is 133 Å². The standard InChI is InChI=1S/C63H78BrF3N2O15/c1-37(22-23-44(74-6)18-14-24-64)27-51(70)54-32-49(75-7)33-61(73,84-54)34-56-68-43(35-77-56)28-39(3)58-41(5)59-40(4)52(82-58)19-13-20-55-69-50(36-78-55)53-31-48(81-60(72)62(76-8,63(65,66)67)42-15-10-9-11-16-42)30-47(80-53)29-46-26-38(2)25-45(79-46)17-12-21-57(71)83-59/h9-16,20-24,27-28,35-36,40-41,44-49,51-54,58-59,70,73H,2,17-19,25-26,29-34H2,1,3-8H3/b20-13+,21-12-,23-22+,24-14+,37-27+,39-28+/t40-,41-,44+,45-,46+,47-,48+,49+,51+,52+,53+,54+,58-,59-,61-,62+/m0/s1. The normalized spacial score (nSPS) is 32.7. The highest BCUT2D eigenvalue weighted by atomic mass is 79.9. The molecular formula is C63H78BrF3N2O15. The Morgan fingerprint density at radius 2 is 1.69 bits per heavy atom. The van der Waals surface area contributed by atoms with Crippen molar-refractivity contribution in [2.75, 3.05) is 21.3 Å². The van der Waals surface area contributed by atoms with Crippen molar-refractivity contribution in [2.24, 2.45) is 11.8 Å². The molecule has 8 rings (SSSR count). The number of halogens is 4. The second kappa shape index (κ2) is 28.9. The van der Waals surface area contributed by atoms with Crippen LogP contribution in [-0.2, 0) is 64.2 Å². The summed E-state index contributed by atoms with van der Waals surface area (Å²) in [6, 6.07) is 6.67. The minimum Gasteiger partial charge on any atom is -0.459 e. The van der Waals surface area contributed by atoms with Gasteiger partial charge in [0.2, 0.25) is 5.89 Å². The molecule has 0 spiro atoms. The number of benzene rings is 1. The molecule has 1 aromatic carbocycles. The van der Waals surface area contributed by atoms with Gasteiger partial charge in [-0.2, -0.15) is 13.2 Å². The van der Waals surface area contributed by atoms with E-state index in [0.717, 1.165) is 23.8 Å². The fraction of sp³-hybridized carbons (Fsp3) is 0.556. The molecule has 7 heterocycles. The predicted octanol–water partition coefficient (Wildman–Crippen LogP) is 11.4. The van der Waals surface area contributed by atoms with Crippen LogP contribution in [0.3, 0.4) is 0 Å². The van der Waals surface area contributed by atoms with Crippen LogP contribution in [0.4, 0.5) is 13.2 Å². The number of nitrogens with zero attached hydrogens (tertiary/aromatic N) is 2. The highest BCUT2D eigenvalue weighted by Gasteiger charge is 2.64. The zero-order chi connectivity index (χ0) is 60.3. The Morgan fingerprint density at radius 3 is 2.42 bits per heavy atom. The summed E-state index contributed by atoms with van der Waals surface area (Å²) in [4.78, 5) is 38.9. The van der Waals surface area contributed by atoms with Crippen LogP contribution in [0.2, 0.25) is 0 Å². The molecule has 4 fully saturated rings. The van der Waals surface area contributed by atoms with Crippen molar-refractivity contribution in [3.8, 4) is 0 Å². The van der Waals surface area contributed by atoms with Gasteiger partial charge in [0.15, 0.2) is 11.7 Å². The first-order chi connectivity index (χ1) is 40.1. The summed E-state index contributed by atoms with van der Waals surface area (Å²) in [5, 5.41) is 23.2. The first-order valence-electron chi connectivity index (χ1n) is 28.5. The zero-order valence-corrected chi connectivity index (χ0v) is 50.1. The van der Waals surface area contributed by atoms with Gasteiger partial charge in [-0.05, 0) is 68.7 Å². The summed E-state index contributed by atoms with van der Waals surface area (Å²) in [6.45, 7) is 12.0. The number of ether oxygens (including phenoxy) is 9. The number of rotatable bonds is 16. The minimum absolute atomic E-state index is 0.0257. The summed E-state index contributed by atoms with van der Waals surface area (Å²) in [5.41, 5.74) is -0.560. The molecule has 2 N–H and O–H groups in total. The monoisotopic (exact) mass is 1240 g/mol. The van der Waals surface area contributed by atoms with Gasteiger partial charge in [-0.3, -0.25) is 0 Å². The minimum atomic E-state index is -5.17. The summed E-state index contributed by atoms with van der Waals surface area (Å²) in [5.74, 6) is -4.15. The van der Waals surface area contributed by atoms with Crippen LogP contribution in [0.5, 0.6) is 0 Å². The van der Waals surface area contributed by atoms with E-state index in [1.807, 2.05) is 58.1 Å². The molecule has 0 amide bonds. The highest BCUT2D eigenvalue weighted by Crippen LogP contribution is 2.45. The Labute approximate surface area is 497 Å². The molecule has 458 valence electrons. The molecule has 21 heteroatoms. The number of hydrogen-bond acceptors (Lipinski definition) is 17. The van der Waals surface area contributed by atoms with E-state index < -0.39 is 96.1 Å². The third kappa shape index (κ3) is 16.2. The molecule has 5 aliphatic rings. The number of fused-ring (bicyclic) bond motifs is 9. The molecule has 4 saturated heterocycles. The van der Waals surface area contributed by atoms with Crippen LogP contribution in [0, 0.1) is 11.8 Å². The number of carbonyl (C=O) groups is 2. The molecule has 0 aliphatic carbocycles. The Morgan fingerprint density at radius 1 is 0.929 bits per heavy atom. The van der Waals surface area contributed by atoms with Gasteiger partial charge in [0.25, 0.3) is 5.60 Å². The van der Waals surface area contributed by atoms with Gasteiger partial charge >= 0.3 is 18.1 Å². The van der Waals surface area contributed by atoms with Crippen LogP contribution in [0.25, 0.3) is 12.2 Å². The average Bonchev–Trinajstić information content (AvgIpc) is 4.09. The highest BCUT2D eigenvalue weighted by molar-refractivity contribution is 9.11. The summed E-state index contributed by atoms with van der Waals surface area (Å²) < 4.78 is 111. The van der Waals surface area contributed by atoms with Crippen LogP contribution in [0.15, 0.2) is 123 Å². The van der Waals surface area contributed by atoms with Crippen molar-refractivity contribution < 1.29 is 84.4 Å². The van der Waals surface area contributed by atoms with E-state index in [1.165, 1.54) is 48.9 Å². The zero-order valence-electron chi connectivity index (χ0n) is 48.5. The second-order valence-corrected chi connectivity index (χ2v) is 23.2. The molecule has 0 radical (unpaired) electrons. The molecule has 5 aliphatic heterocycles. The first kappa shape index (κ1) is 64.7. The summed E-state index contributed by atoms with van der Waals surface area (Å²) in [7, 11) is 4.01. The third-order valence-electron chi connectivity index (χ3n) is 16.3. The maximum atomic E-state index is 15.0. The fourth-order valence-corrected chi connectivity index (χ4v) is 12.3. The van der Waals surface area contributed by atoms with Gasteiger partial charge in [0.1, 0.15) is 42.2 Å². The second-order valence-electron chi connectivity index (χ2n) is 22.6. The third-order valence-corrected chi connectivity index (χ3v) is 16.7. The topological polar surface area (TPSA) is 210 Å². The number of carbonyl (C=O) groups excluding carboxylic acids is 2. The number of methoxy groups -OCH3 is 3. The van der Waals surface area contributed by atoms with E-state index in [2.05, 4.69) is 22.5 Å². The number of aliphatic hydroxyl groups excluding tert-OH is 1. The van der Waals surface area contributed by atoms with Gasteiger partial charge in [0, 0.05) is 76.9 Å². The number of alkyl halides is 3. The number of aliphatic hydroxyl groups is 2. The number of allylic oxidation sites excluding steroid dienone is 2. The quantitative estimate of drug-likeness (QED) is 0.0776. The van der Waals surface area contributed by atoms with E-state index in [-0.39, 0.29) is 61.5 Å². The van der Waals surface area contributed by atoms with E-state index in [4.69, 9.17) is 61.4 Å². The largest absolute Gasteiger partial charge is 0.459 e. The number of esters is 2. The predicted molar refractivity (Wildman–Crippen MR) is 306 cm³/mol. The molecule has 17 nitrogen and oxygen atoms in total. The number of oxazole rings is 2. The Bertz CT molecular complexity index is 2880. The van der Waals surface area contributed by atoms with E-state index in [1.54, 1.807) is 37.4 Å².